The molecular weight excluding hydrogens is 226 g/mol. The van der Waals surface area contributed by atoms with Gasteiger partial charge in [0.25, 0.3) is 0 Å². The molecule has 0 aromatic rings. The molecule has 0 aromatic carbocycles. The molecule has 0 bridgehead atoms. The van der Waals surface area contributed by atoms with Crippen LogP contribution in [0.2, 0.25) is 0 Å². The van der Waals surface area contributed by atoms with E-state index in [9.17, 15) is 19.2 Å². The monoisotopic (exact) mass is 231 g/mol. The summed E-state index contributed by atoms with van der Waals surface area (Å²) in [4.78, 5) is 49.0. The van der Waals surface area contributed by atoms with E-state index in [2.05, 4.69) is 4.99 Å². The van der Waals surface area contributed by atoms with E-state index in [0.29, 0.717) is 0 Å². The molecule has 1 heterocycles. The van der Waals surface area contributed by atoms with Gasteiger partial charge in [-0.1, -0.05) is 0 Å². The molecule has 0 N–H and O–H groups in total. The van der Waals surface area contributed by atoms with Crippen molar-refractivity contribution in [1.29, 1.82) is 0 Å². The number of allylic oxidation sites excluding steroid dienone is 3. The first kappa shape index (κ1) is 10.9. The summed E-state index contributed by atoms with van der Waals surface area (Å²) in [5.74, 6) is -1.06. The maximum Gasteiger partial charge on any atom is 0.236 e. The Morgan fingerprint density at radius 3 is 2.41 bits per heavy atom. The third kappa shape index (κ3) is 1.47. The normalized spacial score (nSPS) is 19.0. The molecule has 0 aromatic heterocycles. The van der Waals surface area contributed by atoms with E-state index < -0.39 is 28.5 Å². The molecule has 0 saturated heterocycles. The first-order valence-corrected chi connectivity index (χ1v) is 4.54. The third-order valence-electron chi connectivity index (χ3n) is 2.28. The van der Waals surface area contributed by atoms with Crippen molar-refractivity contribution in [3.63, 3.8) is 0 Å². The van der Waals surface area contributed by atoms with Gasteiger partial charge in [-0.2, -0.15) is 0 Å². The summed E-state index contributed by atoms with van der Waals surface area (Å²) in [7, 11) is 1.19. The van der Waals surface area contributed by atoms with Crippen LogP contribution in [-0.2, 0) is 23.9 Å². The zero-order chi connectivity index (χ0) is 12.6. The van der Waals surface area contributed by atoms with Crippen LogP contribution < -0.4 is 0 Å². The standard InChI is InChI=1S/C11H5NO5/c1-17-11-5(4-13)10(16)8-6(14)2-3-7(15)9(8)12-11/h2-3H,1H3. The Balaban J connectivity index is 2.71. The quantitative estimate of drug-likeness (QED) is 0.239. The molecule has 1 aliphatic heterocycles. The summed E-state index contributed by atoms with van der Waals surface area (Å²) in [6.07, 6.45) is 1.98. The molecule has 6 heteroatoms. The lowest BCUT2D eigenvalue weighted by atomic mass is 9.91. The third-order valence-corrected chi connectivity index (χ3v) is 2.28. The molecule has 0 amide bonds. The highest BCUT2D eigenvalue weighted by atomic mass is 16.5. The fraction of sp³-hybridized carbons (Fsp3) is 0.0909. The number of aliphatic imine (C=N–C) groups is 1. The summed E-state index contributed by atoms with van der Waals surface area (Å²) < 4.78 is 4.71. The van der Waals surface area contributed by atoms with Crippen LogP contribution in [0.15, 0.2) is 34.0 Å². The van der Waals surface area contributed by atoms with E-state index in [1.54, 1.807) is 0 Å². The average Bonchev–Trinajstić information content (AvgIpc) is 2.33. The number of rotatable bonds is 0. The number of nitrogens with zero attached hydrogens (tertiary/aromatic N) is 1. The fourth-order valence-corrected chi connectivity index (χ4v) is 1.50. The summed E-state index contributed by atoms with van der Waals surface area (Å²) in [6.45, 7) is 0. The molecule has 1 aliphatic carbocycles. The predicted octanol–water partition coefficient (Wildman–Crippen LogP) is -0.666. The van der Waals surface area contributed by atoms with Gasteiger partial charge in [0.05, 0.1) is 7.11 Å². The Morgan fingerprint density at radius 1 is 1.18 bits per heavy atom. The van der Waals surface area contributed by atoms with Crippen molar-refractivity contribution >= 4 is 29.2 Å². The van der Waals surface area contributed by atoms with Crippen LogP contribution in [0.25, 0.3) is 0 Å². The van der Waals surface area contributed by atoms with E-state index in [0.717, 1.165) is 12.2 Å². The molecule has 2 aliphatic rings. The minimum Gasteiger partial charge on any atom is -0.480 e. The number of hydrogen-bond acceptors (Lipinski definition) is 6. The number of carbonyl (C=O) groups is 3. The van der Waals surface area contributed by atoms with E-state index in [-0.39, 0.29) is 11.6 Å². The lowest BCUT2D eigenvalue weighted by molar-refractivity contribution is -0.119. The van der Waals surface area contributed by atoms with Gasteiger partial charge in [-0.25, -0.2) is 9.79 Å². The molecule has 84 valence electrons. The van der Waals surface area contributed by atoms with Crippen molar-refractivity contribution in [2.24, 2.45) is 4.99 Å². The molecule has 17 heavy (non-hydrogen) atoms. The van der Waals surface area contributed by atoms with E-state index in [1.807, 2.05) is 0 Å². The van der Waals surface area contributed by atoms with Gasteiger partial charge >= 0.3 is 0 Å². The van der Waals surface area contributed by atoms with E-state index in [1.165, 1.54) is 13.1 Å². The van der Waals surface area contributed by atoms with Crippen LogP contribution in [0.3, 0.4) is 0 Å². The van der Waals surface area contributed by atoms with Crippen LogP contribution in [0.1, 0.15) is 0 Å². The molecule has 2 rings (SSSR count). The Bertz CT molecular complexity index is 599. The van der Waals surface area contributed by atoms with Gasteiger partial charge in [-0.15, -0.1) is 0 Å². The fourth-order valence-electron chi connectivity index (χ4n) is 1.50. The molecular formula is C11H5NO5. The van der Waals surface area contributed by atoms with Gasteiger partial charge in [-0.3, -0.25) is 14.4 Å². The number of Topliss-reactive ketones (excluding diaryl/α,β-unsaturated/α-hetero) is 1. The lowest BCUT2D eigenvalue weighted by Crippen LogP contribution is -2.30. The smallest absolute Gasteiger partial charge is 0.236 e. The SMILES string of the molecule is COC1=NC2=C(C(=O)C=CC2=O)C(=O)C1=C=O. The van der Waals surface area contributed by atoms with Crippen molar-refractivity contribution in [2.45, 2.75) is 0 Å². The molecule has 0 atom stereocenters. The Kier molecular flexibility index (Phi) is 2.42. The van der Waals surface area contributed by atoms with Crippen molar-refractivity contribution in [1.82, 2.24) is 0 Å². The Hall–Kier alpha value is -2.59. The van der Waals surface area contributed by atoms with Crippen LogP contribution in [-0.4, -0.2) is 36.3 Å². The predicted molar refractivity (Wildman–Crippen MR) is 54.8 cm³/mol. The lowest BCUT2D eigenvalue weighted by Gasteiger charge is -2.16. The highest BCUT2D eigenvalue weighted by Gasteiger charge is 2.37. The molecule has 0 spiro atoms. The second-order valence-electron chi connectivity index (χ2n) is 3.21. The number of ether oxygens (including phenoxy) is 1. The van der Waals surface area contributed by atoms with Crippen molar-refractivity contribution in [3.8, 4) is 0 Å². The minimum absolute atomic E-state index is 0.293. The Morgan fingerprint density at radius 2 is 1.82 bits per heavy atom. The topological polar surface area (TPSA) is 89.9 Å². The Labute approximate surface area is 95.0 Å². The summed E-state index contributed by atoms with van der Waals surface area (Å²) in [5.41, 5.74) is -1.18. The average molecular weight is 231 g/mol. The van der Waals surface area contributed by atoms with Crippen LogP contribution in [0.4, 0.5) is 0 Å². The van der Waals surface area contributed by atoms with Crippen molar-refractivity contribution < 1.29 is 23.9 Å². The molecule has 0 fully saturated rings. The highest BCUT2D eigenvalue weighted by molar-refractivity contribution is 6.44. The first-order valence-electron chi connectivity index (χ1n) is 4.54. The molecule has 0 unspecified atom stereocenters. The summed E-state index contributed by atoms with van der Waals surface area (Å²) in [5, 5.41) is 0. The number of methoxy groups -OCH3 is 1. The maximum atomic E-state index is 11.8. The zero-order valence-corrected chi connectivity index (χ0v) is 8.64. The first-order chi connectivity index (χ1) is 8.10. The van der Waals surface area contributed by atoms with Crippen LogP contribution >= 0.6 is 0 Å². The van der Waals surface area contributed by atoms with Crippen LogP contribution in [0, 0.1) is 0 Å². The molecule has 6 nitrogen and oxygen atoms in total. The van der Waals surface area contributed by atoms with Gasteiger partial charge in [0.15, 0.2) is 11.4 Å². The van der Waals surface area contributed by atoms with Gasteiger partial charge in [0.1, 0.15) is 17.2 Å². The minimum atomic E-state index is -0.885. The maximum absolute atomic E-state index is 11.8. The second-order valence-corrected chi connectivity index (χ2v) is 3.21. The summed E-state index contributed by atoms with van der Waals surface area (Å²) in [6, 6.07) is 0. The molecule has 0 radical (unpaired) electrons. The number of ketones is 3. The van der Waals surface area contributed by atoms with Gasteiger partial charge < -0.3 is 4.74 Å². The number of hydrogen-bond donors (Lipinski definition) is 0. The van der Waals surface area contributed by atoms with Crippen molar-refractivity contribution in [2.75, 3.05) is 7.11 Å². The second kappa shape index (κ2) is 3.77. The van der Waals surface area contributed by atoms with Gasteiger partial charge in [0, 0.05) is 0 Å². The van der Waals surface area contributed by atoms with Crippen LogP contribution in [0.5, 0.6) is 0 Å². The van der Waals surface area contributed by atoms with E-state index >= 15 is 0 Å². The van der Waals surface area contributed by atoms with E-state index in [4.69, 9.17) is 4.74 Å². The van der Waals surface area contributed by atoms with Gasteiger partial charge in [0.2, 0.25) is 17.5 Å². The van der Waals surface area contributed by atoms with Crippen molar-refractivity contribution in [3.05, 3.63) is 29.0 Å². The summed E-state index contributed by atoms with van der Waals surface area (Å²) >= 11 is 0. The van der Waals surface area contributed by atoms with Gasteiger partial charge in [-0.05, 0) is 12.2 Å². The molecule has 0 saturated carbocycles. The number of carbonyl (C=O) groups excluding carboxylic acids is 4. The zero-order valence-electron chi connectivity index (χ0n) is 8.64. The highest BCUT2D eigenvalue weighted by Crippen LogP contribution is 2.24. The largest absolute Gasteiger partial charge is 0.480 e.